The third-order valence-corrected chi connectivity index (χ3v) is 8.85. The van der Waals surface area contributed by atoms with Crippen molar-refractivity contribution in [1.82, 2.24) is 15.0 Å². The molecular formula is C31H31Cl2FN4O5. The van der Waals surface area contributed by atoms with Crippen LogP contribution in [0.15, 0.2) is 47.1 Å². The first-order chi connectivity index (χ1) is 20.6. The minimum Gasteiger partial charge on any atom is -0.480 e. The second-order valence-corrected chi connectivity index (χ2v) is 12.1. The summed E-state index contributed by atoms with van der Waals surface area (Å²) in [7, 11) is 1.83. The second kappa shape index (κ2) is 11.8. The Kier molecular flexibility index (Phi) is 8.10. The van der Waals surface area contributed by atoms with Crippen LogP contribution in [0.25, 0.3) is 22.2 Å². The van der Waals surface area contributed by atoms with Gasteiger partial charge in [-0.25, -0.2) is 4.39 Å². The van der Waals surface area contributed by atoms with Crippen molar-refractivity contribution >= 4 is 51.7 Å². The van der Waals surface area contributed by atoms with Crippen molar-refractivity contribution in [2.45, 2.75) is 43.9 Å². The molecule has 1 amide bonds. The molecule has 43 heavy (non-hydrogen) atoms. The molecule has 3 heterocycles. The highest BCUT2D eigenvalue weighted by Crippen LogP contribution is 2.46. The van der Waals surface area contributed by atoms with Crippen LogP contribution in [0.5, 0.6) is 0 Å². The molecule has 0 unspecified atom stereocenters. The van der Waals surface area contributed by atoms with Crippen LogP contribution in [-0.2, 0) is 23.2 Å². The predicted octanol–water partition coefficient (Wildman–Crippen LogP) is 6.36. The van der Waals surface area contributed by atoms with Crippen LogP contribution in [0.3, 0.4) is 0 Å². The minimum atomic E-state index is -1.49. The number of ether oxygens (including phenoxy) is 1. The maximum Gasteiger partial charge on any atom is 0.322 e. The maximum absolute atomic E-state index is 15.9. The van der Waals surface area contributed by atoms with Gasteiger partial charge in [0, 0.05) is 67.3 Å². The highest BCUT2D eigenvalue weighted by atomic mass is 35.5. The predicted molar refractivity (Wildman–Crippen MR) is 162 cm³/mol. The molecule has 2 fully saturated rings. The first-order valence-electron chi connectivity index (χ1n) is 14.2. The summed E-state index contributed by atoms with van der Waals surface area (Å²) in [6, 6.07) is 11.0. The largest absolute Gasteiger partial charge is 0.480 e. The summed E-state index contributed by atoms with van der Waals surface area (Å²) < 4.78 is 29.5. The number of aliphatic carboxylic acids is 1. The van der Waals surface area contributed by atoms with Gasteiger partial charge in [-0.3, -0.25) is 9.59 Å². The molecule has 1 aliphatic heterocycles. The van der Waals surface area contributed by atoms with Crippen molar-refractivity contribution < 1.29 is 28.3 Å². The Balaban J connectivity index is 1.10. The van der Waals surface area contributed by atoms with Crippen LogP contribution in [0.2, 0.25) is 10.0 Å². The smallest absolute Gasteiger partial charge is 0.322 e. The molecule has 0 spiro atoms. The van der Waals surface area contributed by atoms with E-state index >= 15 is 4.39 Å². The Labute approximate surface area is 257 Å². The quantitative estimate of drug-likeness (QED) is 0.210. The van der Waals surface area contributed by atoms with Gasteiger partial charge in [0.25, 0.3) is 5.91 Å². The van der Waals surface area contributed by atoms with E-state index in [-0.39, 0.29) is 19.1 Å². The minimum absolute atomic E-state index is 0.0581. The van der Waals surface area contributed by atoms with Crippen LogP contribution in [0, 0.1) is 0 Å². The van der Waals surface area contributed by atoms with Crippen molar-refractivity contribution in [2.75, 3.05) is 31.1 Å². The molecule has 2 aliphatic rings. The molecule has 12 heteroatoms. The number of carboxylic acid groups (broad SMARTS) is 1. The number of aryl methyl sites for hydroxylation is 1. The average molecular weight is 630 g/mol. The third kappa shape index (κ3) is 6.09. The normalized spacial score (nSPS) is 16.5. The number of rotatable bonds is 10. The summed E-state index contributed by atoms with van der Waals surface area (Å²) in [6.45, 7) is 0.643. The van der Waals surface area contributed by atoms with Gasteiger partial charge < -0.3 is 29.2 Å². The van der Waals surface area contributed by atoms with Crippen LogP contribution in [-0.4, -0.2) is 58.6 Å². The van der Waals surface area contributed by atoms with Gasteiger partial charge in [-0.15, -0.1) is 0 Å². The van der Waals surface area contributed by atoms with Gasteiger partial charge in [0.15, 0.2) is 0 Å². The molecule has 226 valence electrons. The molecule has 9 nitrogen and oxygen atoms in total. The Morgan fingerprint density at radius 2 is 1.91 bits per heavy atom. The number of carboxylic acids is 1. The highest BCUT2D eigenvalue weighted by molar-refractivity contribution is 6.39. The van der Waals surface area contributed by atoms with Crippen molar-refractivity contribution in [2.24, 2.45) is 7.05 Å². The summed E-state index contributed by atoms with van der Waals surface area (Å²) in [4.78, 5) is 25.5. The highest BCUT2D eigenvalue weighted by Gasteiger charge is 2.37. The van der Waals surface area contributed by atoms with E-state index in [1.54, 1.807) is 24.4 Å². The van der Waals surface area contributed by atoms with Gasteiger partial charge in [-0.1, -0.05) is 34.4 Å². The fraction of sp³-hybridized carbons (Fsp3) is 0.387. The van der Waals surface area contributed by atoms with Crippen molar-refractivity contribution in [1.29, 1.82) is 0 Å². The number of nitrogens with one attached hydrogen (secondary N) is 1. The molecule has 0 bridgehead atoms. The van der Waals surface area contributed by atoms with E-state index in [9.17, 15) is 9.59 Å². The Bertz CT molecular complexity index is 1670. The first-order valence-corrected chi connectivity index (χ1v) is 14.9. The molecular weight excluding hydrogens is 598 g/mol. The summed E-state index contributed by atoms with van der Waals surface area (Å²) >= 11 is 12.9. The number of anilines is 1. The lowest BCUT2D eigenvalue weighted by Gasteiger charge is -2.37. The standard InChI is InChI=1S/C31H31Cl2FN4O5/c1-37-15-21(30(41)35-14-26(39)40)20-8-7-19(13-25(20)37)38-11-9-31(34,10-12-38)17-42-16-22-28(36-43-29(22)18-5-6-18)27-23(32)3-2-4-24(27)33/h2-4,7-8,13,15,18H,5-6,9-12,14,16-17H2,1H3,(H,35,41)(H,39,40). The van der Waals surface area contributed by atoms with Gasteiger partial charge in [0.2, 0.25) is 0 Å². The zero-order valence-electron chi connectivity index (χ0n) is 23.5. The first kappa shape index (κ1) is 29.5. The van der Waals surface area contributed by atoms with E-state index in [1.165, 1.54) is 0 Å². The lowest BCUT2D eigenvalue weighted by molar-refractivity contribution is -0.135. The number of amides is 1. The van der Waals surface area contributed by atoms with E-state index in [1.807, 2.05) is 29.8 Å². The Morgan fingerprint density at radius 1 is 1.19 bits per heavy atom. The number of carbonyl (C=O) groups excluding carboxylic acids is 1. The summed E-state index contributed by atoms with van der Waals surface area (Å²) in [5.74, 6) is -0.519. The van der Waals surface area contributed by atoms with Crippen LogP contribution in [0.1, 0.15) is 53.3 Å². The molecule has 1 saturated carbocycles. The molecule has 2 N–H and O–H groups in total. The zero-order valence-corrected chi connectivity index (χ0v) is 25.1. The Hall–Kier alpha value is -3.60. The third-order valence-electron chi connectivity index (χ3n) is 8.22. The van der Waals surface area contributed by atoms with Crippen molar-refractivity contribution in [3.05, 3.63) is 69.5 Å². The summed E-state index contributed by atoms with van der Waals surface area (Å²) in [5, 5.41) is 17.2. The lowest BCUT2D eigenvalue weighted by atomic mass is 9.93. The number of nitrogens with zero attached hydrogens (tertiary/aromatic N) is 3. The molecule has 2 aromatic heterocycles. The fourth-order valence-electron chi connectivity index (χ4n) is 5.70. The van der Waals surface area contributed by atoms with Crippen LogP contribution < -0.4 is 10.2 Å². The summed E-state index contributed by atoms with van der Waals surface area (Å²) in [5.41, 5.74) is 2.57. The molecule has 1 aliphatic carbocycles. The van der Waals surface area contributed by atoms with E-state index in [0.717, 1.165) is 40.8 Å². The molecule has 4 aromatic rings. The van der Waals surface area contributed by atoms with Crippen molar-refractivity contribution in [3.8, 4) is 11.3 Å². The van der Waals surface area contributed by atoms with Gasteiger partial charge in [0.1, 0.15) is 23.7 Å². The Morgan fingerprint density at radius 3 is 2.58 bits per heavy atom. The van der Waals surface area contributed by atoms with E-state index in [2.05, 4.69) is 15.4 Å². The van der Waals surface area contributed by atoms with E-state index in [0.29, 0.717) is 52.8 Å². The molecule has 0 atom stereocenters. The van der Waals surface area contributed by atoms with Crippen LogP contribution >= 0.6 is 23.2 Å². The van der Waals surface area contributed by atoms with E-state index in [4.69, 9.17) is 37.6 Å². The fourth-order valence-corrected chi connectivity index (χ4v) is 6.27. The maximum atomic E-state index is 15.9. The van der Waals surface area contributed by atoms with Crippen LogP contribution in [0.4, 0.5) is 10.1 Å². The zero-order chi connectivity index (χ0) is 30.3. The number of carbonyl (C=O) groups is 2. The number of piperidine rings is 1. The van der Waals surface area contributed by atoms with Crippen molar-refractivity contribution in [3.63, 3.8) is 0 Å². The molecule has 2 aromatic carbocycles. The number of alkyl halides is 1. The van der Waals surface area contributed by atoms with Gasteiger partial charge >= 0.3 is 5.97 Å². The number of aromatic nitrogens is 2. The monoisotopic (exact) mass is 628 g/mol. The molecule has 1 saturated heterocycles. The van der Waals surface area contributed by atoms with Gasteiger partial charge in [-0.2, -0.15) is 0 Å². The van der Waals surface area contributed by atoms with Gasteiger partial charge in [0.05, 0.1) is 34.3 Å². The topological polar surface area (TPSA) is 110 Å². The number of hydrogen-bond acceptors (Lipinski definition) is 6. The second-order valence-electron chi connectivity index (χ2n) is 11.3. The molecule has 0 radical (unpaired) electrons. The summed E-state index contributed by atoms with van der Waals surface area (Å²) in [6.07, 6.45) is 4.29. The number of benzene rings is 2. The number of halogens is 3. The number of fused-ring (bicyclic) bond motifs is 1. The molecule has 6 rings (SSSR count). The number of hydrogen-bond donors (Lipinski definition) is 2. The lowest BCUT2D eigenvalue weighted by Crippen LogP contribution is -2.44. The van der Waals surface area contributed by atoms with Gasteiger partial charge in [-0.05, 0) is 43.2 Å². The van der Waals surface area contributed by atoms with E-state index < -0.39 is 24.1 Å². The SMILES string of the molecule is Cn1cc(C(=O)NCC(=O)O)c2ccc(N3CCC(F)(COCc4c(-c5c(Cl)cccc5Cl)noc4C4CC4)CC3)cc21. The average Bonchev–Trinajstić information content (AvgIpc) is 3.66.